The molecule has 0 aromatic carbocycles. The standard InChI is InChI=1S/C15H19N4O8P/c1-2-12(21)17-5-3-4-9-7-19(15(22)18-14(9)16)13-6-10(20)11(27-13)8-26-28(23,24)25/h2,7,10-11,13,20H,1,5-6,8H2,(H,17,21)(H2,16,18,22)(H2,23,24,25)/t10-,11+,13+/m0/s1. The van der Waals surface area contributed by atoms with E-state index in [9.17, 15) is 19.3 Å². The van der Waals surface area contributed by atoms with Gasteiger partial charge in [-0.3, -0.25) is 13.9 Å². The molecule has 2 rings (SSSR count). The lowest BCUT2D eigenvalue weighted by molar-refractivity contribution is -0.116. The number of aromatic nitrogens is 2. The number of ether oxygens (including phenoxy) is 1. The van der Waals surface area contributed by atoms with Gasteiger partial charge in [0, 0.05) is 12.6 Å². The van der Waals surface area contributed by atoms with Crippen LogP contribution in [0.25, 0.3) is 0 Å². The fraction of sp³-hybridized carbons (Fsp3) is 0.400. The fourth-order valence-corrected chi connectivity index (χ4v) is 2.67. The van der Waals surface area contributed by atoms with Crippen LogP contribution in [0.15, 0.2) is 23.6 Å². The number of hydrogen-bond donors (Lipinski definition) is 5. The van der Waals surface area contributed by atoms with Gasteiger partial charge >= 0.3 is 13.5 Å². The van der Waals surface area contributed by atoms with E-state index >= 15 is 0 Å². The molecule has 0 bridgehead atoms. The molecule has 1 fully saturated rings. The maximum atomic E-state index is 12.1. The highest BCUT2D eigenvalue weighted by molar-refractivity contribution is 7.46. The summed E-state index contributed by atoms with van der Waals surface area (Å²) in [5, 5.41) is 12.4. The molecule has 3 atom stereocenters. The van der Waals surface area contributed by atoms with Gasteiger partial charge in [0.2, 0.25) is 5.91 Å². The smallest absolute Gasteiger partial charge is 0.390 e. The van der Waals surface area contributed by atoms with Gasteiger partial charge in [0.15, 0.2) is 0 Å². The van der Waals surface area contributed by atoms with Crippen LogP contribution in [0.5, 0.6) is 0 Å². The zero-order chi connectivity index (χ0) is 20.9. The molecule has 1 aliphatic rings. The molecule has 1 amide bonds. The van der Waals surface area contributed by atoms with E-state index in [0.717, 1.165) is 10.6 Å². The molecule has 2 heterocycles. The number of aliphatic hydroxyl groups is 1. The number of anilines is 1. The molecule has 0 aliphatic carbocycles. The molecule has 0 unspecified atom stereocenters. The van der Waals surface area contributed by atoms with Crippen molar-refractivity contribution in [1.29, 1.82) is 0 Å². The van der Waals surface area contributed by atoms with Crippen LogP contribution in [0.2, 0.25) is 0 Å². The number of amides is 1. The van der Waals surface area contributed by atoms with E-state index in [1.165, 1.54) is 6.20 Å². The van der Waals surface area contributed by atoms with E-state index < -0.39 is 44.5 Å². The maximum absolute atomic E-state index is 12.1. The summed E-state index contributed by atoms with van der Waals surface area (Å²) in [4.78, 5) is 44.3. The fourth-order valence-electron chi connectivity index (χ4n) is 2.33. The minimum Gasteiger partial charge on any atom is -0.390 e. The van der Waals surface area contributed by atoms with Crippen molar-refractivity contribution in [2.45, 2.75) is 24.9 Å². The second kappa shape index (κ2) is 9.11. The summed E-state index contributed by atoms with van der Waals surface area (Å²) in [5.74, 6) is 4.77. The number of nitrogens with one attached hydrogen (secondary N) is 1. The molecular weight excluding hydrogens is 395 g/mol. The summed E-state index contributed by atoms with van der Waals surface area (Å²) in [6.45, 7) is 2.76. The van der Waals surface area contributed by atoms with E-state index in [1.807, 2.05) is 0 Å². The monoisotopic (exact) mass is 414 g/mol. The average molecular weight is 414 g/mol. The first-order valence-corrected chi connectivity index (χ1v) is 9.45. The molecule has 1 aromatic rings. The lowest BCUT2D eigenvalue weighted by Crippen LogP contribution is -2.29. The van der Waals surface area contributed by atoms with Crippen LogP contribution in [0.3, 0.4) is 0 Å². The van der Waals surface area contributed by atoms with Crippen LogP contribution in [0, 0.1) is 11.8 Å². The molecular formula is C15H19N4O8P. The molecule has 152 valence electrons. The highest BCUT2D eigenvalue weighted by Gasteiger charge is 2.37. The molecule has 0 saturated carbocycles. The molecule has 6 N–H and O–H groups in total. The van der Waals surface area contributed by atoms with Crippen molar-refractivity contribution in [3.05, 3.63) is 34.9 Å². The summed E-state index contributed by atoms with van der Waals surface area (Å²) in [6, 6.07) is 0. The van der Waals surface area contributed by atoms with Crippen molar-refractivity contribution >= 4 is 19.5 Å². The molecule has 12 nitrogen and oxygen atoms in total. The first kappa shape index (κ1) is 21.8. The van der Waals surface area contributed by atoms with E-state index in [1.54, 1.807) is 0 Å². The number of carbonyl (C=O) groups excluding carboxylic acids is 1. The van der Waals surface area contributed by atoms with Crippen LogP contribution < -0.4 is 16.7 Å². The van der Waals surface area contributed by atoms with Crippen molar-refractivity contribution in [1.82, 2.24) is 14.9 Å². The quantitative estimate of drug-likeness (QED) is 0.203. The van der Waals surface area contributed by atoms with Gasteiger partial charge in [0.25, 0.3) is 0 Å². The Morgan fingerprint density at radius 3 is 2.96 bits per heavy atom. The number of nitrogen functional groups attached to an aromatic ring is 1. The lowest BCUT2D eigenvalue weighted by atomic mass is 10.2. The predicted octanol–water partition coefficient (Wildman–Crippen LogP) is -1.76. The van der Waals surface area contributed by atoms with Gasteiger partial charge in [0.1, 0.15) is 18.1 Å². The third-order valence-corrected chi connectivity index (χ3v) is 4.15. The van der Waals surface area contributed by atoms with E-state index in [-0.39, 0.29) is 24.3 Å². The Morgan fingerprint density at radius 1 is 1.61 bits per heavy atom. The van der Waals surface area contributed by atoms with Gasteiger partial charge in [-0.1, -0.05) is 18.4 Å². The largest absolute Gasteiger partial charge is 0.469 e. The van der Waals surface area contributed by atoms with Crippen molar-refractivity contribution in [2.75, 3.05) is 18.9 Å². The third-order valence-electron chi connectivity index (χ3n) is 3.66. The van der Waals surface area contributed by atoms with Crippen molar-refractivity contribution < 1.29 is 33.5 Å². The number of rotatable bonds is 6. The Bertz CT molecular complexity index is 915. The van der Waals surface area contributed by atoms with E-state index in [2.05, 4.69) is 33.2 Å². The Hall–Kier alpha value is -2.52. The van der Waals surface area contributed by atoms with Gasteiger partial charge < -0.3 is 30.7 Å². The molecule has 0 spiro atoms. The Labute approximate surface area is 159 Å². The summed E-state index contributed by atoms with van der Waals surface area (Å²) in [6.07, 6.45) is -0.787. The van der Waals surface area contributed by atoms with Crippen LogP contribution in [0.4, 0.5) is 5.82 Å². The summed E-state index contributed by atoms with van der Waals surface area (Å²) in [5.41, 5.74) is 5.12. The normalized spacial score (nSPS) is 21.6. The van der Waals surface area contributed by atoms with Gasteiger partial charge in [-0.25, -0.2) is 9.36 Å². The summed E-state index contributed by atoms with van der Waals surface area (Å²) in [7, 11) is -4.73. The molecule has 1 saturated heterocycles. The lowest BCUT2D eigenvalue weighted by Gasteiger charge is -2.16. The Balaban J connectivity index is 2.14. The van der Waals surface area contributed by atoms with Gasteiger partial charge in [-0.15, -0.1) is 0 Å². The summed E-state index contributed by atoms with van der Waals surface area (Å²) >= 11 is 0. The van der Waals surface area contributed by atoms with E-state index in [4.69, 9.17) is 20.3 Å². The number of carbonyl (C=O) groups is 1. The van der Waals surface area contributed by atoms with Crippen molar-refractivity contribution in [3.8, 4) is 11.8 Å². The molecule has 1 aromatic heterocycles. The van der Waals surface area contributed by atoms with E-state index in [0.29, 0.717) is 0 Å². The first-order chi connectivity index (χ1) is 13.1. The minimum atomic E-state index is -4.73. The Morgan fingerprint density at radius 2 is 2.32 bits per heavy atom. The number of nitrogens with zero attached hydrogens (tertiary/aromatic N) is 2. The molecule has 1 aliphatic heterocycles. The highest BCUT2D eigenvalue weighted by atomic mass is 31.2. The SMILES string of the molecule is C=CC(=O)NCC#Cc1cn([C@H]2C[C@H](O)[C@@H](COP(=O)(O)O)O2)c(=O)nc1N. The number of phosphoric acid groups is 1. The Kier molecular flexibility index (Phi) is 7.09. The maximum Gasteiger partial charge on any atom is 0.469 e. The van der Waals surface area contributed by atoms with Gasteiger partial charge in [-0.2, -0.15) is 4.98 Å². The molecule has 13 heteroatoms. The topological polar surface area (TPSA) is 186 Å². The van der Waals surface area contributed by atoms with Crippen LogP contribution in [-0.4, -0.2) is 55.7 Å². The number of aliphatic hydroxyl groups excluding tert-OH is 1. The van der Waals surface area contributed by atoms with Gasteiger partial charge in [-0.05, 0) is 6.08 Å². The van der Waals surface area contributed by atoms with Crippen LogP contribution >= 0.6 is 7.82 Å². The van der Waals surface area contributed by atoms with Crippen molar-refractivity contribution in [2.24, 2.45) is 0 Å². The minimum absolute atomic E-state index is 0.0177. The number of nitrogens with two attached hydrogens (primary N) is 1. The predicted molar refractivity (Wildman–Crippen MR) is 95.5 cm³/mol. The van der Waals surface area contributed by atoms with Crippen LogP contribution in [0.1, 0.15) is 18.2 Å². The second-order valence-electron chi connectivity index (χ2n) is 5.67. The second-order valence-corrected chi connectivity index (χ2v) is 6.91. The third kappa shape index (κ3) is 6.00. The average Bonchev–Trinajstić information content (AvgIpc) is 2.98. The number of phosphoric ester groups is 1. The van der Waals surface area contributed by atoms with Gasteiger partial charge in [0.05, 0.1) is 24.8 Å². The zero-order valence-corrected chi connectivity index (χ0v) is 15.4. The first-order valence-electron chi connectivity index (χ1n) is 7.92. The molecule has 0 radical (unpaired) electrons. The van der Waals surface area contributed by atoms with Crippen LogP contribution in [-0.2, 0) is 18.6 Å². The highest BCUT2D eigenvalue weighted by Crippen LogP contribution is 2.38. The number of hydrogen-bond acceptors (Lipinski definition) is 8. The summed E-state index contributed by atoms with van der Waals surface area (Å²) < 4.78 is 21.6. The van der Waals surface area contributed by atoms with Crippen molar-refractivity contribution in [3.63, 3.8) is 0 Å². The zero-order valence-electron chi connectivity index (χ0n) is 14.5. The molecule has 28 heavy (non-hydrogen) atoms.